The van der Waals surface area contributed by atoms with Crippen LogP contribution in [0, 0.1) is 12.1 Å². The fourth-order valence-corrected chi connectivity index (χ4v) is 9.73. The van der Waals surface area contributed by atoms with Crippen LogP contribution in [0.3, 0.4) is 0 Å². The maximum atomic E-state index is 4.75. The Balaban J connectivity index is 0.000000206. The molecule has 0 saturated heterocycles. The van der Waals surface area contributed by atoms with Gasteiger partial charge in [-0.25, -0.2) is 0 Å². The van der Waals surface area contributed by atoms with Gasteiger partial charge in [-0.15, -0.1) is 59.7 Å². The van der Waals surface area contributed by atoms with E-state index in [0.29, 0.717) is 11.8 Å². The molecule has 1 radical (unpaired) electrons. The maximum Gasteiger partial charge on any atom is 0.0799 e. The Kier molecular flexibility index (Phi) is 12.0. The van der Waals surface area contributed by atoms with Crippen molar-refractivity contribution in [3.05, 3.63) is 175 Å². The molecule has 53 heavy (non-hydrogen) atoms. The van der Waals surface area contributed by atoms with Crippen LogP contribution in [0.25, 0.3) is 53.8 Å². The minimum atomic E-state index is -1.34. The van der Waals surface area contributed by atoms with Gasteiger partial charge in [0.25, 0.3) is 0 Å². The Morgan fingerprint density at radius 1 is 0.623 bits per heavy atom. The molecule has 0 amide bonds. The Hall–Kier alpha value is -4.51. The average molecular weight is 901 g/mol. The van der Waals surface area contributed by atoms with Gasteiger partial charge < -0.3 is 9.97 Å². The number of hydrogen-bond acceptors (Lipinski definition) is 3. The van der Waals surface area contributed by atoms with E-state index in [4.69, 9.17) is 4.98 Å². The number of fused-ring (bicyclic) bond motifs is 3. The smallest absolute Gasteiger partial charge is 0.0799 e. The zero-order valence-electron chi connectivity index (χ0n) is 31.1. The first-order valence-corrected chi connectivity index (χ1v) is 22.4. The first-order valence-electron chi connectivity index (χ1n) is 18.1. The molecule has 1 unspecified atom stereocenters. The molecule has 0 aliphatic carbocycles. The molecule has 3 heterocycles. The van der Waals surface area contributed by atoms with E-state index >= 15 is 0 Å². The van der Waals surface area contributed by atoms with E-state index in [-0.39, 0.29) is 20.1 Å². The second kappa shape index (κ2) is 16.7. The van der Waals surface area contributed by atoms with Crippen LogP contribution < -0.4 is 5.19 Å². The van der Waals surface area contributed by atoms with Crippen LogP contribution in [0.2, 0.25) is 19.6 Å². The Bertz CT molecular complexity index is 2430. The van der Waals surface area contributed by atoms with E-state index in [0.717, 1.165) is 22.5 Å². The van der Waals surface area contributed by atoms with Crippen molar-refractivity contribution in [3.63, 3.8) is 0 Å². The molecule has 0 aliphatic heterocycles. The largest absolute Gasteiger partial charge is 0.305 e. The van der Waals surface area contributed by atoms with Crippen LogP contribution in [0.4, 0.5) is 0 Å². The van der Waals surface area contributed by atoms with Gasteiger partial charge in [0.05, 0.1) is 8.07 Å². The third kappa shape index (κ3) is 8.50. The summed E-state index contributed by atoms with van der Waals surface area (Å²) < 4.78 is 2.54. The van der Waals surface area contributed by atoms with Crippen molar-refractivity contribution in [2.75, 3.05) is 0 Å². The summed E-state index contributed by atoms with van der Waals surface area (Å²) in [6, 6.07) is 53.6. The summed E-state index contributed by atoms with van der Waals surface area (Å²) in [5, 5.41) is 4.03. The minimum Gasteiger partial charge on any atom is -0.305 e. The normalized spacial score (nSPS) is 11.9. The van der Waals surface area contributed by atoms with E-state index in [1.54, 1.807) is 0 Å². The second-order valence-corrected chi connectivity index (χ2v) is 20.8. The van der Waals surface area contributed by atoms with Crippen LogP contribution in [0.5, 0.6) is 0 Å². The molecule has 0 spiro atoms. The minimum absolute atomic E-state index is 0. The number of nitrogens with zero attached hydrogens (tertiary/aromatic N) is 2. The van der Waals surface area contributed by atoms with E-state index in [9.17, 15) is 0 Å². The molecule has 5 aromatic carbocycles. The molecule has 2 nitrogen and oxygen atoms in total. The number of benzene rings is 5. The summed E-state index contributed by atoms with van der Waals surface area (Å²) in [7, 11) is -1.34. The van der Waals surface area contributed by atoms with Gasteiger partial charge in [0.1, 0.15) is 0 Å². The number of aromatic nitrogens is 2. The standard InChI is InChI=1S/C31H22NS.C17H22NSi.Ir/c1-21(22-9-4-2-5-10-22)24-17-18-32-29(19-24)28-14-8-13-27-26-16-15-25(20-30(26)33-31(27)28)23-11-6-3-7-12-23;1-13(2)15-11-16(14-9-7-6-8-10-14)18-12-17(15)19(3,4)5;/h2-13,15-21H,1H3;6-9,11-13H,1-5H3;/q2*-1;. The summed E-state index contributed by atoms with van der Waals surface area (Å²) in [5.74, 6) is 0.843. The van der Waals surface area contributed by atoms with Gasteiger partial charge >= 0.3 is 0 Å². The molecule has 0 N–H and O–H groups in total. The van der Waals surface area contributed by atoms with Gasteiger partial charge in [-0.1, -0.05) is 136 Å². The van der Waals surface area contributed by atoms with Crippen molar-refractivity contribution in [2.45, 2.75) is 52.2 Å². The van der Waals surface area contributed by atoms with E-state index in [1.807, 2.05) is 41.8 Å². The molecule has 5 heteroatoms. The van der Waals surface area contributed by atoms with Gasteiger partial charge in [0.15, 0.2) is 0 Å². The molecule has 0 aliphatic rings. The molecule has 8 rings (SSSR count). The molecular weight excluding hydrogens is 857 g/mol. The van der Waals surface area contributed by atoms with Crippen molar-refractivity contribution in [1.29, 1.82) is 0 Å². The predicted octanol–water partition coefficient (Wildman–Crippen LogP) is 13.0. The van der Waals surface area contributed by atoms with Crippen molar-refractivity contribution >= 4 is 44.8 Å². The second-order valence-electron chi connectivity index (χ2n) is 14.7. The predicted molar refractivity (Wildman–Crippen MR) is 226 cm³/mol. The van der Waals surface area contributed by atoms with E-state index in [1.165, 1.54) is 53.2 Å². The van der Waals surface area contributed by atoms with Crippen LogP contribution in [-0.4, -0.2) is 18.0 Å². The monoisotopic (exact) mass is 901 g/mol. The quantitative estimate of drug-likeness (QED) is 0.118. The molecule has 3 aromatic heterocycles. The van der Waals surface area contributed by atoms with Crippen molar-refractivity contribution in [3.8, 4) is 33.6 Å². The van der Waals surface area contributed by atoms with E-state index in [2.05, 4.69) is 173 Å². The van der Waals surface area contributed by atoms with Crippen LogP contribution >= 0.6 is 11.3 Å². The zero-order valence-corrected chi connectivity index (χ0v) is 35.4. The van der Waals surface area contributed by atoms with Crippen LogP contribution in [0.1, 0.15) is 49.3 Å². The molecular formula is C48H44IrN2SSi-2. The molecule has 0 bridgehead atoms. The topological polar surface area (TPSA) is 25.8 Å². The van der Waals surface area contributed by atoms with Crippen LogP contribution in [-0.2, 0) is 20.1 Å². The SMILES string of the molecule is CC(C)c1cc(-c2[c-]cccc2)ncc1[Si](C)(C)C.CC(c1ccccc1)c1ccnc(-c2[c-]ccc3c2sc2cc(-c4ccccc4)ccc23)c1.[Ir]. The maximum absolute atomic E-state index is 4.75. The molecule has 0 saturated carbocycles. The van der Waals surface area contributed by atoms with Crippen molar-refractivity contribution in [1.82, 2.24) is 9.97 Å². The first-order chi connectivity index (χ1) is 25.2. The molecule has 1 atom stereocenters. The van der Waals surface area contributed by atoms with Gasteiger partial charge in [-0.05, 0) is 67.0 Å². The first kappa shape index (κ1) is 38.2. The summed E-state index contributed by atoms with van der Waals surface area (Å²) in [6.45, 7) is 13.9. The van der Waals surface area contributed by atoms with E-state index < -0.39 is 8.07 Å². The van der Waals surface area contributed by atoms with Gasteiger partial charge in [0, 0.05) is 43.1 Å². The number of pyridine rings is 2. The Morgan fingerprint density at radius 3 is 2.06 bits per heavy atom. The Labute approximate surface area is 333 Å². The Morgan fingerprint density at radius 2 is 1.36 bits per heavy atom. The molecule has 0 fully saturated rings. The van der Waals surface area contributed by atoms with Gasteiger partial charge in [-0.2, -0.15) is 11.3 Å². The summed E-state index contributed by atoms with van der Waals surface area (Å²) in [4.78, 5) is 9.41. The zero-order chi connectivity index (χ0) is 36.2. The van der Waals surface area contributed by atoms with Gasteiger partial charge in [-0.3, -0.25) is 0 Å². The number of thiophene rings is 1. The number of hydrogen-bond donors (Lipinski definition) is 0. The molecule has 267 valence electrons. The third-order valence-electron chi connectivity index (χ3n) is 9.73. The fourth-order valence-electron chi connectivity index (χ4n) is 6.80. The van der Waals surface area contributed by atoms with Crippen molar-refractivity contribution in [2.24, 2.45) is 0 Å². The van der Waals surface area contributed by atoms with Crippen molar-refractivity contribution < 1.29 is 20.1 Å². The average Bonchev–Trinajstić information content (AvgIpc) is 3.56. The van der Waals surface area contributed by atoms with Gasteiger partial charge in [0.2, 0.25) is 0 Å². The summed E-state index contributed by atoms with van der Waals surface area (Å²) >= 11 is 1.83. The number of rotatable bonds is 7. The summed E-state index contributed by atoms with van der Waals surface area (Å²) in [5.41, 5.74) is 10.7. The third-order valence-corrected chi connectivity index (χ3v) is 13.0. The summed E-state index contributed by atoms with van der Waals surface area (Å²) in [6.07, 6.45) is 4.02. The molecule has 8 aromatic rings. The van der Waals surface area contributed by atoms with Crippen LogP contribution in [0.15, 0.2) is 146 Å². The fraction of sp³-hybridized carbons (Fsp3) is 0.167.